The van der Waals surface area contributed by atoms with E-state index in [1.54, 1.807) is 0 Å². The number of halogens is 2. The molecule has 16 heavy (non-hydrogen) atoms. The molecule has 0 fully saturated rings. The van der Waals surface area contributed by atoms with Crippen LogP contribution in [0.3, 0.4) is 0 Å². The monoisotopic (exact) mass is 299 g/mol. The number of benzene rings is 1. The van der Waals surface area contributed by atoms with Gasteiger partial charge < -0.3 is 5.32 Å². The number of nitrogens with one attached hydrogen (secondary N) is 1. The minimum Gasteiger partial charge on any atom is -0.378 e. The van der Waals surface area contributed by atoms with Crippen molar-refractivity contribution in [1.82, 2.24) is 0 Å². The molecule has 86 valence electrons. The van der Waals surface area contributed by atoms with Gasteiger partial charge in [-0.05, 0) is 59.8 Å². The van der Waals surface area contributed by atoms with E-state index >= 15 is 0 Å². The molecular weight excluding hydrogens is 286 g/mol. The minimum atomic E-state index is 0.434. The van der Waals surface area contributed by atoms with Gasteiger partial charge in [0.05, 0.1) is 5.69 Å². The third-order valence-electron chi connectivity index (χ3n) is 2.84. The lowest BCUT2D eigenvalue weighted by Crippen LogP contribution is -2.18. The summed E-state index contributed by atoms with van der Waals surface area (Å²) in [6, 6.07) is 4.48. The van der Waals surface area contributed by atoms with Gasteiger partial charge in [0.15, 0.2) is 0 Å². The molecule has 0 heterocycles. The van der Waals surface area contributed by atoms with Gasteiger partial charge in [0.25, 0.3) is 0 Å². The Kier molecular flexibility index (Phi) is 3.93. The summed E-state index contributed by atoms with van der Waals surface area (Å²) in [6.07, 6.45) is 8.13. The van der Waals surface area contributed by atoms with Crippen molar-refractivity contribution in [3.8, 4) is 0 Å². The molecule has 0 radical (unpaired) electrons. The molecular formula is C13H15BrClN. The number of aryl methyl sites for hydroxylation is 1. The van der Waals surface area contributed by atoms with Crippen molar-refractivity contribution >= 4 is 33.2 Å². The van der Waals surface area contributed by atoms with Gasteiger partial charge in [0, 0.05) is 15.5 Å². The third kappa shape index (κ3) is 2.80. The fourth-order valence-corrected chi connectivity index (χ4v) is 2.63. The molecule has 1 aliphatic carbocycles. The molecule has 1 nitrogen and oxygen atoms in total. The molecule has 2 rings (SSSR count). The summed E-state index contributed by atoms with van der Waals surface area (Å²) in [5.41, 5.74) is 2.17. The molecule has 0 spiro atoms. The molecule has 0 aromatic heterocycles. The molecule has 0 aliphatic heterocycles. The highest BCUT2D eigenvalue weighted by Crippen LogP contribution is 2.30. The van der Waals surface area contributed by atoms with Crippen LogP contribution >= 0.6 is 27.5 Å². The summed E-state index contributed by atoms with van der Waals surface area (Å²) in [6.45, 7) is 2.01. The number of rotatable bonds is 2. The molecule has 1 atom stereocenters. The summed E-state index contributed by atoms with van der Waals surface area (Å²) < 4.78 is 1.08. The normalized spacial score (nSPS) is 19.8. The Morgan fingerprint density at radius 1 is 1.44 bits per heavy atom. The molecule has 1 aliphatic rings. The SMILES string of the molecule is Cc1cc(Br)c(NC2C=CCCC2)cc1Cl. The molecule has 0 bridgehead atoms. The maximum atomic E-state index is 6.12. The fourth-order valence-electron chi connectivity index (χ4n) is 1.89. The first-order valence-corrected chi connectivity index (χ1v) is 6.73. The zero-order valence-corrected chi connectivity index (χ0v) is 11.6. The first-order valence-electron chi connectivity index (χ1n) is 5.55. The highest BCUT2D eigenvalue weighted by Gasteiger charge is 2.10. The summed E-state index contributed by atoms with van der Waals surface area (Å²) in [5.74, 6) is 0. The van der Waals surface area contributed by atoms with Crippen LogP contribution in [0.5, 0.6) is 0 Å². The second kappa shape index (κ2) is 5.24. The Labute approximate surface area is 110 Å². The van der Waals surface area contributed by atoms with Crippen LogP contribution in [-0.4, -0.2) is 6.04 Å². The van der Waals surface area contributed by atoms with E-state index in [9.17, 15) is 0 Å². The molecule has 3 heteroatoms. The van der Waals surface area contributed by atoms with E-state index in [1.165, 1.54) is 19.3 Å². The number of hydrogen-bond donors (Lipinski definition) is 1. The highest BCUT2D eigenvalue weighted by molar-refractivity contribution is 9.10. The topological polar surface area (TPSA) is 12.0 Å². The van der Waals surface area contributed by atoms with Crippen molar-refractivity contribution in [1.29, 1.82) is 0 Å². The zero-order valence-electron chi connectivity index (χ0n) is 9.26. The van der Waals surface area contributed by atoms with Crippen molar-refractivity contribution < 1.29 is 0 Å². The van der Waals surface area contributed by atoms with Crippen LogP contribution in [0.1, 0.15) is 24.8 Å². The van der Waals surface area contributed by atoms with Crippen LogP contribution in [0, 0.1) is 6.92 Å². The molecule has 1 unspecified atom stereocenters. The Hall–Kier alpha value is -0.470. The largest absolute Gasteiger partial charge is 0.378 e. The van der Waals surface area contributed by atoms with Crippen molar-refractivity contribution in [2.24, 2.45) is 0 Å². The maximum Gasteiger partial charge on any atom is 0.0504 e. The van der Waals surface area contributed by atoms with Gasteiger partial charge in [-0.1, -0.05) is 23.8 Å². The van der Waals surface area contributed by atoms with Gasteiger partial charge in [0.1, 0.15) is 0 Å². The molecule has 0 amide bonds. The number of allylic oxidation sites excluding steroid dienone is 1. The van der Waals surface area contributed by atoms with E-state index in [0.29, 0.717) is 6.04 Å². The predicted octanol–water partition coefficient (Wildman–Crippen LogP) is 4.93. The summed E-state index contributed by atoms with van der Waals surface area (Å²) in [7, 11) is 0. The van der Waals surface area contributed by atoms with Gasteiger partial charge in [-0.25, -0.2) is 0 Å². The van der Waals surface area contributed by atoms with E-state index < -0.39 is 0 Å². The summed E-state index contributed by atoms with van der Waals surface area (Å²) >= 11 is 9.69. The lowest BCUT2D eigenvalue weighted by Gasteiger charge is -2.20. The lowest BCUT2D eigenvalue weighted by atomic mass is 10.0. The van der Waals surface area contributed by atoms with E-state index in [-0.39, 0.29) is 0 Å². The Balaban J connectivity index is 2.17. The summed E-state index contributed by atoms with van der Waals surface area (Å²) in [5, 5.41) is 4.31. The number of anilines is 1. The second-order valence-electron chi connectivity index (χ2n) is 4.19. The van der Waals surface area contributed by atoms with Crippen molar-refractivity contribution in [3.63, 3.8) is 0 Å². The van der Waals surface area contributed by atoms with Crippen molar-refractivity contribution in [3.05, 3.63) is 39.3 Å². The van der Waals surface area contributed by atoms with Crippen LogP contribution in [0.15, 0.2) is 28.8 Å². The Bertz CT molecular complexity index is 415. The van der Waals surface area contributed by atoms with Crippen LogP contribution in [0.4, 0.5) is 5.69 Å². The smallest absolute Gasteiger partial charge is 0.0504 e. The molecule has 0 saturated carbocycles. The summed E-state index contributed by atoms with van der Waals surface area (Å²) in [4.78, 5) is 0. The van der Waals surface area contributed by atoms with E-state index in [4.69, 9.17) is 11.6 Å². The van der Waals surface area contributed by atoms with Crippen LogP contribution in [0.2, 0.25) is 5.02 Å². The van der Waals surface area contributed by atoms with Gasteiger partial charge in [-0.2, -0.15) is 0 Å². The van der Waals surface area contributed by atoms with Crippen molar-refractivity contribution in [2.75, 3.05) is 5.32 Å². The lowest BCUT2D eigenvalue weighted by molar-refractivity contribution is 0.673. The van der Waals surface area contributed by atoms with E-state index in [1.807, 2.05) is 13.0 Å². The minimum absolute atomic E-state index is 0.434. The average molecular weight is 301 g/mol. The maximum absolute atomic E-state index is 6.12. The standard InChI is InChI=1S/C13H15BrClN/c1-9-7-11(14)13(8-12(9)15)16-10-5-3-2-4-6-10/h3,5,7-8,10,16H,2,4,6H2,1H3. The second-order valence-corrected chi connectivity index (χ2v) is 5.45. The van der Waals surface area contributed by atoms with Crippen LogP contribution < -0.4 is 5.32 Å². The number of hydrogen-bond acceptors (Lipinski definition) is 1. The molecule has 1 N–H and O–H groups in total. The van der Waals surface area contributed by atoms with Gasteiger partial charge in [0.2, 0.25) is 0 Å². The van der Waals surface area contributed by atoms with E-state index in [2.05, 4.69) is 39.5 Å². The highest BCUT2D eigenvalue weighted by atomic mass is 79.9. The van der Waals surface area contributed by atoms with Gasteiger partial charge in [-0.3, -0.25) is 0 Å². The molecule has 0 saturated heterocycles. The van der Waals surface area contributed by atoms with Crippen LogP contribution in [0.25, 0.3) is 0 Å². The Morgan fingerprint density at radius 3 is 2.94 bits per heavy atom. The average Bonchev–Trinajstić information content (AvgIpc) is 2.27. The zero-order chi connectivity index (χ0) is 11.5. The quantitative estimate of drug-likeness (QED) is 0.764. The molecule has 1 aromatic carbocycles. The molecule has 1 aromatic rings. The first kappa shape index (κ1) is 12.0. The van der Waals surface area contributed by atoms with Gasteiger partial charge in [-0.15, -0.1) is 0 Å². The van der Waals surface area contributed by atoms with Crippen molar-refractivity contribution in [2.45, 2.75) is 32.2 Å². The fraction of sp³-hybridized carbons (Fsp3) is 0.385. The Morgan fingerprint density at radius 2 is 2.25 bits per heavy atom. The van der Waals surface area contributed by atoms with Gasteiger partial charge >= 0.3 is 0 Å². The first-order chi connectivity index (χ1) is 7.66. The predicted molar refractivity (Wildman–Crippen MR) is 74.3 cm³/mol. The third-order valence-corrected chi connectivity index (χ3v) is 3.91. The van der Waals surface area contributed by atoms with E-state index in [0.717, 1.165) is 20.7 Å². The van der Waals surface area contributed by atoms with Crippen LogP contribution in [-0.2, 0) is 0 Å².